The molecule has 4 nitrogen and oxygen atoms in total. The van der Waals surface area contributed by atoms with Gasteiger partial charge in [0.15, 0.2) is 0 Å². The maximum Gasteiger partial charge on any atom is 0.0869 e. The summed E-state index contributed by atoms with van der Waals surface area (Å²) in [5.74, 6) is 1.61. The Labute approximate surface area is 123 Å². The minimum Gasteiger partial charge on any atom is -0.388 e. The molecule has 1 saturated carbocycles. The smallest absolute Gasteiger partial charge is 0.0869 e. The lowest BCUT2D eigenvalue weighted by Crippen LogP contribution is -2.52. The molecule has 0 aromatic rings. The lowest BCUT2D eigenvalue weighted by atomic mass is 9.80. The van der Waals surface area contributed by atoms with Crippen LogP contribution in [0.5, 0.6) is 0 Å². The van der Waals surface area contributed by atoms with Crippen molar-refractivity contribution in [2.24, 2.45) is 11.8 Å². The number of nitrogens with zero attached hydrogens (tertiary/aromatic N) is 1. The zero-order valence-electron chi connectivity index (χ0n) is 13.4. The van der Waals surface area contributed by atoms with E-state index in [1.165, 1.54) is 19.3 Å². The summed E-state index contributed by atoms with van der Waals surface area (Å²) in [5, 5.41) is 14.2. The summed E-state index contributed by atoms with van der Waals surface area (Å²) in [4.78, 5) is 2.30. The normalized spacial score (nSPS) is 35.7. The second-order valence-corrected chi connectivity index (χ2v) is 7.38. The summed E-state index contributed by atoms with van der Waals surface area (Å²) in [5.41, 5.74) is -0.652. The van der Waals surface area contributed by atoms with Crippen LogP contribution in [0.15, 0.2) is 0 Å². The van der Waals surface area contributed by atoms with Crippen molar-refractivity contribution < 1.29 is 9.84 Å². The van der Waals surface area contributed by atoms with Crippen molar-refractivity contribution >= 4 is 0 Å². The highest BCUT2D eigenvalue weighted by atomic mass is 16.5. The van der Waals surface area contributed by atoms with E-state index in [1.54, 1.807) is 0 Å². The first-order chi connectivity index (χ1) is 9.44. The molecule has 0 spiro atoms. The Morgan fingerprint density at radius 3 is 2.35 bits per heavy atom. The van der Waals surface area contributed by atoms with E-state index < -0.39 is 5.60 Å². The van der Waals surface area contributed by atoms with Gasteiger partial charge in [-0.3, -0.25) is 4.90 Å². The number of β-amino-alcohol motifs (C(OH)–C–C–N with tert-alkyl or cyclic N) is 1. The van der Waals surface area contributed by atoms with Crippen LogP contribution in [0, 0.1) is 11.8 Å². The third-order valence-corrected chi connectivity index (χ3v) is 4.62. The average Bonchev–Trinajstić information content (AvgIpc) is 2.36. The standard InChI is InChI=1S/C16H32N2O2/c1-13-8-14(2)10-15(9-13)17-11-16(3,19)12-18-4-6-20-7-5-18/h13-15,17,19H,4-12H2,1-3H3. The third kappa shape index (κ3) is 5.32. The van der Waals surface area contributed by atoms with Gasteiger partial charge in [0.05, 0.1) is 18.8 Å². The van der Waals surface area contributed by atoms with Gasteiger partial charge in [-0.1, -0.05) is 13.8 Å². The Morgan fingerprint density at radius 1 is 1.15 bits per heavy atom. The van der Waals surface area contributed by atoms with E-state index >= 15 is 0 Å². The van der Waals surface area contributed by atoms with Gasteiger partial charge >= 0.3 is 0 Å². The molecule has 1 aliphatic carbocycles. The van der Waals surface area contributed by atoms with Crippen molar-refractivity contribution in [2.45, 2.75) is 51.7 Å². The van der Waals surface area contributed by atoms with Crippen molar-refractivity contribution in [1.29, 1.82) is 0 Å². The molecule has 3 atom stereocenters. The zero-order valence-corrected chi connectivity index (χ0v) is 13.4. The molecule has 1 aliphatic heterocycles. The number of hydrogen-bond acceptors (Lipinski definition) is 4. The van der Waals surface area contributed by atoms with Crippen molar-refractivity contribution in [2.75, 3.05) is 39.4 Å². The Kier molecular flexibility index (Phi) is 5.84. The van der Waals surface area contributed by atoms with Crippen LogP contribution >= 0.6 is 0 Å². The van der Waals surface area contributed by atoms with Crippen LogP contribution < -0.4 is 5.32 Å². The average molecular weight is 284 g/mol. The van der Waals surface area contributed by atoms with Crippen LogP contribution in [0.4, 0.5) is 0 Å². The molecule has 2 N–H and O–H groups in total. The molecule has 4 heteroatoms. The summed E-state index contributed by atoms with van der Waals surface area (Å²) in [7, 11) is 0. The minimum absolute atomic E-state index is 0.574. The molecule has 0 radical (unpaired) electrons. The van der Waals surface area contributed by atoms with Gasteiger partial charge in [-0.05, 0) is 38.0 Å². The van der Waals surface area contributed by atoms with Gasteiger partial charge in [0.25, 0.3) is 0 Å². The highest BCUT2D eigenvalue weighted by molar-refractivity contribution is 4.85. The first-order valence-electron chi connectivity index (χ1n) is 8.20. The number of aliphatic hydroxyl groups is 1. The van der Waals surface area contributed by atoms with Gasteiger partial charge < -0.3 is 15.2 Å². The summed E-state index contributed by atoms with van der Waals surface area (Å²) in [6, 6.07) is 0.574. The van der Waals surface area contributed by atoms with Crippen LogP contribution in [0.25, 0.3) is 0 Å². The van der Waals surface area contributed by atoms with Gasteiger partial charge in [-0.2, -0.15) is 0 Å². The molecule has 0 aromatic heterocycles. The first-order valence-corrected chi connectivity index (χ1v) is 8.20. The fourth-order valence-corrected chi connectivity index (χ4v) is 3.77. The topological polar surface area (TPSA) is 44.7 Å². The number of morpholine rings is 1. The van der Waals surface area contributed by atoms with Crippen LogP contribution in [0.3, 0.4) is 0 Å². The zero-order chi connectivity index (χ0) is 14.6. The molecule has 2 rings (SSSR count). The molecule has 0 aromatic carbocycles. The van der Waals surface area contributed by atoms with Crippen LogP contribution in [0.1, 0.15) is 40.0 Å². The van der Waals surface area contributed by atoms with E-state index in [9.17, 15) is 5.11 Å². The van der Waals surface area contributed by atoms with Gasteiger partial charge in [0.2, 0.25) is 0 Å². The van der Waals surface area contributed by atoms with E-state index in [1.807, 2.05) is 6.92 Å². The van der Waals surface area contributed by atoms with Crippen molar-refractivity contribution in [3.63, 3.8) is 0 Å². The quantitative estimate of drug-likeness (QED) is 0.803. The van der Waals surface area contributed by atoms with Crippen molar-refractivity contribution in [3.05, 3.63) is 0 Å². The number of rotatable bonds is 5. The molecule has 0 amide bonds. The lowest BCUT2D eigenvalue weighted by Gasteiger charge is -2.37. The largest absolute Gasteiger partial charge is 0.388 e. The van der Waals surface area contributed by atoms with Gasteiger partial charge in [-0.25, -0.2) is 0 Å². The highest BCUT2D eigenvalue weighted by Crippen LogP contribution is 2.28. The van der Waals surface area contributed by atoms with E-state index in [-0.39, 0.29) is 0 Å². The number of nitrogens with one attached hydrogen (secondary N) is 1. The Bertz CT molecular complexity index is 280. The molecule has 118 valence electrons. The second kappa shape index (κ2) is 7.21. The molecule has 1 heterocycles. The Morgan fingerprint density at radius 2 is 1.75 bits per heavy atom. The van der Waals surface area contributed by atoms with E-state index in [0.717, 1.165) is 44.7 Å². The molecule has 0 bridgehead atoms. The maximum absolute atomic E-state index is 10.6. The van der Waals surface area contributed by atoms with Gasteiger partial charge in [-0.15, -0.1) is 0 Å². The van der Waals surface area contributed by atoms with Crippen molar-refractivity contribution in [3.8, 4) is 0 Å². The summed E-state index contributed by atoms with van der Waals surface area (Å²) in [6.07, 6.45) is 3.85. The number of ether oxygens (including phenoxy) is 1. The van der Waals surface area contributed by atoms with Crippen LogP contribution in [0.2, 0.25) is 0 Å². The fourth-order valence-electron chi connectivity index (χ4n) is 3.77. The lowest BCUT2D eigenvalue weighted by molar-refractivity contribution is -0.0238. The molecule has 2 fully saturated rings. The molecule has 20 heavy (non-hydrogen) atoms. The highest BCUT2D eigenvalue weighted by Gasteiger charge is 2.28. The monoisotopic (exact) mass is 284 g/mol. The van der Waals surface area contributed by atoms with E-state index in [0.29, 0.717) is 12.6 Å². The van der Waals surface area contributed by atoms with Crippen LogP contribution in [-0.4, -0.2) is 61.0 Å². The molecule has 1 saturated heterocycles. The number of hydrogen-bond donors (Lipinski definition) is 2. The summed E-state index contributed by atoms with van der Waals surface area (Å²) < 4.78 is 5.35. The Hall–Kier alpha value is -0.160. The second-order valence-electron chi connectivity index (χ2n) is 7.38. The van der Waals surface area contributed by atoms with E-state index in [4.69, 9.17) is 4.74 Å². The predicted molar refractivity (Wildman–Crippen MR) is 81.9 cm³/mol. The fraction of sp³-hybridized carbons (Fsp3) is 1.00. The molecule has 3 unspecified atom stereocenters. The summed E-state index contributed by atoms with van der Waals surface area (Å²) in [6.45, 7) is 11.5. The van der Waals surface area contributed by atoms with Crippen LogP contribution in [-0.2, 0) is 4.74 Å². The van der Waals surface area contributed by atoms with Crippen molar-refractivity contribution in [1.82, 2.24) is 10.2 Å². The minimum atomic E-state index is -0.652. The maximum atomic E-state index is 10.6. The predicted octanol–water partition coefficient (Wildman–Crippen LogP) is 1.48. The molecule has 2 aliphatic rings. The first kappa shape index (κ1) is 16.2. The third-order valence-electron chi connectivity index (χ3n) is 4.62. The SMILES string of the molecule is CC1CC(C)CC(NCC(C)(O)CN2CCOCC2)C1. The summed E-state index contributed by atoms with van der Waals surface area (Å²) >= 11 is 0. The molecular formula is C16H32N2O2. The van der Waals surface area contributed by atoms with E-state index in [2.05, 4.69) is 24.1 Å². The Balaban J connectivity index is 1.73. The van der Waals surface area contributed by atoms with Gasteiger partial charge in [0.1, 0.15) is 0 Å². The van der Waals surface area contributed by atoms with Gasteiger partial charge in [0, 0.05) is 32.2 Å². The molecular weight excluding hydrogens is 252 g/mol.